The van der Waals surface area contributed by atoms with E-state index in [9.17, 15) is 9.59 Å². The molecule has 0 aliphatic rings. The third-order valence-electron chi connectivity index (χ3n) is 1.52. The second-order valence-electron chi connectivity index (χ2n) is 2.99. The molecule has 0 saturated carbocycles. The van der Waals surface area contributed by atoms with Crippen molar-refractivity contribution in [1.29, 1.82) is 0 Å². The van der Waals surface area contributed by atoms with Gasteiger partial charge in [0.25, 0.3) is 0 Å². The lowest BCUT2D eigenvalue weighted by molar-refractivity contribution is -0.142. The smallest absolute Gasteiger partial charge is 0.302 e. The van der Waals surface area contributed by atoms with Crippen LogP contribution in [0.15, 0.2) is 12.4 Å². The first-order valence-electron chi connectivity index (χ1n) is 4.95. The minimum absolute atomic E-state index is 0.277. The highest BCUT2D eigenvalue weighted by Crippen LogP contribution is 1.79. The van der Waals surface area contributed by atoms with Crippen LogP contribution >= 0.6 is 0 Å². The van der Waals surface area contributed by atoms with Gasteiger partial charge in [0.2, 0.25) is 6.41 Å². The van der Waals surface area contributed by atoms with Gasteiger partial charge in [-0.2, -0.15) is 0 Å². The Morgan fingerprint density at radius 3 is 2.75 bits per heavy atom. The molecule has 0 saturated heterocycles. The number of rotatable bonds is 9. The van der Waals surface area contributed by atoms with Gasteiger partial charge in [-0.1, -0.05) is 0 Å². The van der Waals surface area contributed by atoms with Crippen LogP contribution in [0.3, 0.4) is 0 Å². The van der Waals surface area contributed by atoms with Crippen molar-refractivity contribution in [3.8, 4) is 0 Å². The topological polar surface area (TPSA) is 67.9 Å². The molecule has 0 fully saturated rings. The molecular formula is C10H18N2O4. The number of ether oxygens (including phenoxy) is 2. The largest absolute Gasteiger partial charge is 0.463 e. The van der Waals surface area contributed by atoms with Crippen molar-refractivity contribution in [3.63, 3.8) is 0 Å². The van der Waals surface area contributed by atoms with Crippen LogP contribution in [0.1, 0.15) is 6.92 Å². The molecule has 0 spiro atoms. The SMILES string of the molecule is CC(=O)OCCOCCN/C=C\N(C)C=O. The number of carbonyl (C=O) groups excluding carboxylic acids is 2. The summed E-state index contributed by atoms with van der Waals surface area (Å²) in [7, 11) is 1.64. The monoisotopic (exact) mass is 230 g/mol. The summed E-state index contributed by atoms with van der Waals surface area (Å²) < 4.78 is 9.83. The highest BCUT2D eigenvalue weighted by molar-refractivity contribution is 5.65. The standard InChI is InChI=1S/C10H18N2O4/c1-10(14)16-8-7-15-6-4-11-3-5-12(2)9-13/h3,5,9,11H,4,6-8H2,1-2H3/b5-3-. The Labute approximate surface area is 95.2 Å². The van der Waals surface area contributed by atoms with E-state index >= 15 is 0 Å². The predicted molar refractivity (Wildman–Crippen MR) is 58.4 cm³/mol. The van der Waals surface area contributed by atoms with Crippen molar-refractivity contribution >= 4 is 12.4 Å². The minimum atomic E-state index is -0.304. The van der Waals surface area contributed by atoms with E-state index in [1.807, 2.05) is 0 Å². The second-order valence-corrected chi connectivity index (χ2v) is 2.99. The fourth-order valence-electron chi connectivity index (χ4n) is 0.766. The van der Waals surface area contributed by atoms with Crippen LogP contribution in [-0.2, 0) is 19.1 Å². The van der Waals surface area contributed by atoms with Gasteiger partial charge in [0.15, 0.2) is 0 Å². The molecule has 0 heterocycles. The second kappa shape index (κ2) is 9.97. The van der Waals surface area contributed by atoms with Crippen molar-refractivity contribution < 1.29 is 19.1 Å². The quantitative estimate of drug-likeness (QED) is 0.335. The van der Waals surface area contributed by atoms with Gasteiger partial charge < -0.3 is 19.7 Å². The maximum atomic E-state index is 10.4. The molecule has 6 nitrogen and oxygen atoms in total. The van der Waals surface area contributed by atoms with Crippen LogP contribution in [0.25, 0.3) is 0 Å². The fraction of sp³-hybridized carbons (Fsp3) is 0.600. The summed E-state index contributed by atoms with van der Waals surface area (Å²) in [5.41, 5.74) is 0. The van der Waals surface area contributed by atoms with E-state index in [-0.39, 0.29) is 12.6 Å². The Hall–Kier alpha value is -1.56. The molecule has 0 aromatic carbocycles. The molecule has 1 N–H and O–H groups in total. The summed E-state index contributed by atoms with van der Waals surface area (Å²) in [6.07, 6.45) is 3.96. The Morgan fingerprint density at radius 1 is 1.38 bits per heavy atom. The molecular weight excluding hydrogens is 212 g/mol. The van der Waals surface area contributed by atoms with Crippen LogP contribution in [0.2, 0.25) is 0 Å². The van der Waals surface area contributed by atoms with Gasteiger partial charge in [0, 0.05) is 32.9 Å². The highest BCUT2D eigenvalue weighted by Gasteiger charge is 1.92. The molecule has 6 heteroatoms. The average Bonchev–Trinajstić information content (AvgIpc) is 2.26. The zero-order chi connectivity index (χ0) is 12.2. The summed E-state index contributed by atoms with van der Waals surface area (Å²) in [5.74, 6) is -0.304. The number of carbonyl (C=O) groups is 2. The molecule has 0 aromatic rings. The zero-order valence-electron chi connectivity index (χ0n) is 9.64. The predicted octanol–water partition coefficient (Wildman–Crippen LogP) is -0.285. The van der Waals surface area contributed by atoms with Gasteiger partial charge in [0.1, 0.15) is 6.61 Å². The van der Waals surface area contributed by atoms with E-state index in [0.29, 0.717) is 26.2 Å². The number of amides is 1. The zero-order valence-corrected chi connectivity index (χ0v) is 9.64. The van der Waals surface area contributed by atoms with E-state index in [2.05, 4.69) is 10.1 Å². The minimum Gasteiger partial charge on any atom is -0.463 e. The number of nitrogens with zero attached hydrogens (tertiary/aromatic N) is 1. The Morgan fingerprint density at radius 2 is 2.12 bits per heavy atom. The summed E-state index contributed by atoms with van der Waals surface area (Å²) in [5, 5.41) is 2.94. The molecule has 1 amide bonds. The van der Waals surface area contributed by atoms with E-state index in [1.165, 1.54) is 11.8 Å². The molecule has 0 aliphatic carbocycles. The molecule has 0 rings (SSSR count). The molecule has 0 bridgehead atoms. The average molecular weight is 230 g/mol. The number of hydrogen-bond donors (Lipinski definition) is 1. The van der Waals surface area contributed by atoms with Crippen LogP contribution < -0.4 is 5.32 Å². The molecule has 0 aliphatic heterocycles. The maximum absolute atomic E-state index is 10.4. The van der Waals surface area contributed by atoms with Crippen molar-refractivity contribution in [3.05, 3.63) is 12.4 Å². The summed E-state index contributed by atoms with van der Waals surface area (Å²) in [6.45, 7) is 3.16. The van der Waals surface area contributed by atoms with E-state index in [1.54, 1.807) is 19.4 Å². The summed E-state index contributed by atoms with van der Waals surface area (Å²) in [4.78, 5) is 21.9. The summed E-state index contributed by atoms with van der Waals surface area (Å²) in [6, 6.07) is 0. The first-order chi connectivity index (χ1) is 7.66. The molecule has 0 unspecified atom stereocenters. The van der Waals surface area contributed by atoms with Gasteiger partial charge in [-0.3, -0.25) is 9.59 Å². The van der Waals surface area contributed by atoms with E-state index in [4.69, 9.17) is 4.74 Å². The summed E-state index contributed by atoms with van der Waals surface area (Å²) >= 11 is 0. The van der Waals surface area contributed by atoms with E-state index < -0.39 is 0 Å². The molecule has 16 heavy (non-hydrogen) atoms. The molecule has 0 radical (unpaired) electrons. The molecule has 0 atom stereocenters. The Kier molecular flexibility index (Phi) is 9.00. The van der Waals surface area contributed by atoms with Crippen LogP contribution in [0.5, 0.6) is 0 Å². The lowest BCUT2D eigenvalue weighted by atomic mass is 10.6. The van der Waals surface area contributed by atoms with Crippen molar-refractivity contribution in [1.82, 2.24) is 10.2 Å². The highest BCUT2D eigenvalue weighted by atomic mass is 16.6. The van der Waals surface area contributed by atoms with Crippen molar-refractivity contribution in [2.45, 2.75) is 6.92 Å². The Bertz CT molecular complexity index is 231. The fourth-order valence-corrected chi connectivity index (χ4v) is 0.766. The van der Waals surface area contributed by atoms with Gasteiger partial charge in [-0.25, -0.2) is 0 Å². The van der Waals surface area contributed by atoms with Gasteiger partial charge in [0.05, 0.1) is 13.2 Å². The van der Waals surface area contributed by atoms with Gasteiger partial charge >= 0.3 is 5.97 Å². The van der Waals surface area contributed by atoms with E-state index in [0.717, 1.165) is 0 Å². The number of esters is 1. The van der Waals surface area contributed by atoms with Gasteiger partial charge in [-0.15, -0.1) is 0 Å². The maximum Gasteiger partial charge on any atom is 0.302 e. The Balaban J connectivity index is 3.18. The van der Waals surface area contributed by atoms with Crippen LogP contribution in [-0.4, -0.2) is 50.7 Å². The van der Waals surface area contributed by atoms with Crippen molar-refractivity contribution in [2.24, 2.45) is 0 Å². The molecule has 0 aromatic heterocycles. The lowest BCUT2D eigenvalue weighted by Gasteiger charge is -2.05. The number of hydrogen-bond acceptors (Lipinski definition) is 5. The van der Waals surface area contributed by atoms with Crippen molar-refractivity contribution in [2.75, 3.05) is 33.4 Å². The van der Waals surface area contributed by atoms with Crippen LogP contribution in [0, 0.1) is 0 Å². The lowest BCUT2D eigenvalue weighted by Crippen LogP contribution is -2.17. The molecule has 92 valence electrons. The van der Waals surface area contributed by atoms with Crippen LogP contribution in [0.4, 0.5) is 0 Å². The third kappa shape index (κ3) is 10.5. The first kappa shape index (κ1) is 14.4. The van der Waals surface area contributed by atoms with Gasteiger partial charge in [-0.05, 0) is 0 Å². The first-order valence-corrected chi connectivity index (χ1v) is 4.95. The third-order valence-corrected chi connectivity index (χ3v) is 1.52. The number of nitrogens with one attached hydrogen (secondary N) is 1. The normalized spacial score (nSPS) is 10.1.